The molecule has 0 bridgehead atoms. The van der Waals surface area contributed by atoms with Crippen LogP contribution in [-0.2, 0) is 5.54 Å². The number of carbonyl (C=O) groups excluding carboxylic acids is 1. The van der Waals surface area contributed by atoms with Crippen LogP contribution in [0.25, 0.3) is 0 Å². The van der Waals surface area contributed by atoms with E-state index in [-0.39, 0.29) is 11.7 Å². The molecule has 0 atom stereocenters. The minimum Gasteiger partial charge on any atom is -0.343 e. The van der Waals surface area contributed by atoms with Crippen LogP contribution in [0.15, 0.2) is 43.0 Å². The largest absolute Gasteiger partial charge is 0.343 e. The number of aromatic nitrogens is 2. The van der Waals surface area contributed by atoms with Crippen molar-refractivity contribution in [3.8, 4) is 0 Å². The highest BCUT2D eigenvalue weighted by Crippen LogP contribution is 2.20. The zero-order valence-electron chi connectivity index (χ0n) is 10.7. The van der Waals surface area contributed by atoms with E-state index < -0.39 is 5.54 Å². The van der Waals surface area contributed by atoms with E-state index in [1.807, 2.05) is 13.8 Å². The number of hydrogen-bond donors (Lipinski definition) is 1. The molecule has 98 valence electrons. The Labute approximate surface area is 110 Å². The molecule has 1 aromatic heterocycles. The van der Waals surface area contributed by atoms with Crippen LogP contribution in [0.4, 0.5) is 4.39 Å². The van der Waals surface area contributed by atoms with Crippen LogP contribution in [0.5, 0.6) is 0 Å². The third-order valence-corrected chi connectivity index (χ3v) is 2.81. The highest BCUT2D eigenvalue weighted by atomic mass is 19.1. The second-order valence-corrected chi connectivity index (χ2v) is 4.71. The lowest BCUT2D eigenvalue weighted by Gasteiger charge is -2.26. The van der Waals surface area contributed by atoms with Crippen molar-refractivity contribution in [2.45, 2.75) is 19.4 Å². The van der Waals surface area contributed by atoms with Gasteiger partial charge >= 0.3 is 0 Å². The lowest BCUT2D eigenvalue weighted by Crippen LogP contribution is -2.41. The predicted octanol–water partition coefficient (Wildman–Crippen LogP) is 2.28. The molecule has 0 aliphatic heterocycles. The molecule has 0 aliphatic carbocycles. The molecule has 2 aromatic rings. The SMILES string of the molecule is CC(C)(NC(=O)c1cncnc1)c1ccc(F)cc1. The molecular formula is C14H14FN3O. The first-order valence-electron chi connectivity index (χ1n) is 5.82. The van der Waals surface area contributed by atoms with Gasteiger partial charge in [-0.1, -0.05) is 12.1 Å². The molecule has 0 saturated carbocycles. The van der Waals surface area contributed by atoms with Gasteiger partial charge in [0, 0.05) is 12.4 Å². The van der Waals surface area contributed by atoms with Crippen molar-refractivity contribution in [1.82, 2.24) is 15.3 Å². The number of rotatable bonds is 3. The van der Waals surface area contributed by atoms with Crippen molar-refractivity contribution in [2.24, 2.45) is 0 Å². The second-order valence-electron chi connectivity index (χ2n) is 4.71. The monoisotopic (exact) mass is 259 g/mol. The summed E-state index contributed by atoms with van der Waals surface area (Å²) in [6.07, 6.45) is 4.26. The molecule has 0 radical (unpaired) electrons. The van der Waals surface area contributed by atoms with Crippen LogP contribution in [0, 0.1) is 5.82 Å². The first-order chi connectivity index (χ1) is 8.99. The third kappa shape index (κ3) is 3.13. The molecule has 0 spiro atoms. The zero-order valence-corrected chi connectivity index (χ0v) is 10.7. The lowest BCUT2D eigenvalue weighted by atomic mass is 9.94. The van der Waals surface area contributed by atoms with Crippen LogP contribution in [0.1, 0.15) is 29.8 Å². The maximum atomic E-state index is 12.9. The third-order valence-electron chi connectivity index (χ3n) is 2.81. The van der Waals surface area contributed by atoms with Crippen molar-refractivity contribution in [3.05, 3.63) is 59.9 Å². The van der Waals surface area contributed by atoms with Crippen molar-refractivity contribution in [3.63, 3.8) is 0 Å². The molecule has 1 N–H and O–H groups in total. The summed E-state index contributed by atoms with van der Waals surface area (Å²) in [6, 6.07) is 6.04. The van der Waals surface area contributed by atoms with Gasteiger partial charge < -0.3 is 5.32 Å². The quantitative estimate of drug-likeness (QED) is 0.920. The number of hydrogen-bond acceptors (Lipinski definition) is 3. The van der Waals surface area contributed by atoms with Crippen LogP contribution in [0.3, 0.4) is 0 Å². The summed E-state index contributed by atoms with van der Waals surface area (Å²) < 4.78 is 12.9. The van der Waals surface area contributed by atoms with E-state index in [1.54, 1.807) is 12.1 Å². The van der Waals surface area contributed by atoms with Gasteiger partial charge in [0.1, 0.15) is 12.1 Å². The highest BCUT2D eigenvalue weighted by molar-refractivity contribution is 5.94. The van der Waals surface area contributed by atoms with E-state index in [9.17, 15) is 9.18 Å². The first-order valence-corrected chi connectivity index (χ1v) is 5.82. The average molecular weight is 259 g/mol. The van der Waals surface area contributed by atoms with Gasteiger partial charge in [0.15, 0.2) is 0 Å². The Morgan fingerprint density at radius 1 is 1.16 bits per heavy atom. The predicted molar refractivity (Wildman–Crippen MR) is 68.9 cm³/mol. The van der Waals surface area contributed by atoms with E-state index in [1.165, 1.54) is 30.9 Å². The molecule has 0 fully saturated rings. The van der Waals surface area contributed by atoms with Gasteiger partial charge in [-0.15, -0.1) is 0 Å². The number of halogens is 1. The summed E-state index contributed by atoms with van der Waals surface area (Å²) in [4.78, 5) is 19.6. The Bertz CT molecular complexity index is 567. The van der Waals surface area contributed by atoms with Crippen molar-refractivity contribution >= 4 is 5.91 Å². The van der Waals surface area contributed by atoms with E-state index in [4.69, 9.17) is 0 Å². The van der Waals surface area contributed by atoms with E-state index >= 15 is 0 Å². The summed E-state index contributed by atoms with van der Waals surface area (Å²) in [5, 5.41) is 2.87. The molecule has 1 heterocycles. The van der Waals surface area contributed by atoms with Gasteiger partial charge in [0.05, 0.1) is 11.1 Å². The molecule has 0 unspecified atom stereocenters. The summed E-state index contributed by atoms with van der Waals surface area (Å²) in [5.41, 5.74) is 0.595. The Hall–Kier alpha value is -2.30. The van der Waals surface area contributed by atoms with Crippen LogP contribution < -0.4 is 5.32 Å². The average Bonchev–Trinajstić information content (AvgIpc) is 2.40. The summed E-state index contributed by atoms with van der Waals surface area (Å²) in [6.45, 7) is 3.70. The normalized spacial score (nSPS) is 11.1. The van der Waals surface area contributed by atoms with Crippen molar-refractivity contribution < 1.29 is 9.18 Å². The minimum absolute atomic E-state index is 0.269. The summed E-state index contributed by atoms with van der Waals surface area (Å²) in [5.74, 6) is -0.572. The van der Waals surface area contributed by atoms with E-state index in [0.717, 1.165) is 5.56 Å². The molecule has 1 amide bonds. The second kappa shape index (κ2) is 5.14. The van der Waals surface area contributed by atoms with Gasteiger partial charge in [-0.05, 0) is 31.5 Å². The molecule has 1 aromatic carbocycles. The number of benzene rings is 1. The molecule has 4 nitrogen and oxygen atoms in total. The fraction of sp³-hybridized carbons (Fsp3) is 0.214. The Morgan fingerprint density at radius 3 is 2.32 bits per heavy atom. The zero-order chi connectivity index (χ0) is 13.9. The van der Waals surface area contributed by atoms with Crippen LogP contribution >= 0.6 is 0 Å². The Kier molecular flexibility index (Phi) is 3.55. The molecule has 0 saturated heterocycles. The van der Waals surface area contributed by atoms with Gasteiger partial charge in [0.25, 0.3) is 5.91 Å². The minimum atomic E-state index is -0.610. The van der Waals surface area contributed by atoms with E-state index in [0.29, 0.717) is 5.56 Å². The Morgan fingerprint density at radius 2 is 1.74 bits per heavy atom. The maximum Gasteiger partial charge on any atom is 0.255 e. The molecule has 19 heavy (non-hydrogen) atoms. The van der Waals surface area contributed by atoms with Crippen molar-refractivity contribution in [1.29, 1.82) is 0 Å². The molecular weight excluding hydrogens is 245 g/mol. The maximum absolute atomic E-state index is 12.9. The molecule has 5 heteroatoms. The lowest BCUT2D eigenvalue weighted by molar-refractivity contribution is 0.0911. The molecule has 2 rings (SSSR count). The fourth-order valence-corrected chi connectivity index (χ4v) is 1.71. The first kappa shape index (κ1) is 13.1. The smallest absolute Gasteiger partial charge is 0.255 e. The highest BCUT2D eigenvalue weighted by Gasteiger charge is 2.23. The van der Waals surface area contributed by atoms with Gasteiger partial charge in [-0.2, -0.15) is 0 Å². The van der Waals surface area contributed by atoms with Gasteiger partial charge in [-0.3, -0.25) is 4.79 Å². The summed E-state index contributed by atoms with van der Waals surface area (Å²) in [7, 11) is 0. The van der Waals surface area contributed by atoms with Crippen LogP contribution in [-0.4, -0.2) is 15.9 Å². The van der Waals surface area contributed by atoms with Gasteiger partial charge in [-0.25, -0.2) is 14.4 Å². The fourth-order valence-electron chi connectivity index (χ4n) is 1.71. The topological polar surface area (TPSA) is 54.9 Å². The van der Waals surface area contributed by atoms with Gasteiger partial charge in [0.2, 0.25) is 0 Å². The number of carbonyl (C=O) groups is 1. The number of amides is 1. The number of nitrogens with one attached hydrogen (secondary N) is 1. The van der Waals surface area contributed by atoms with Crippen molar-refractivity contribution in [2.75, 3.05) is 0 Å². The van der Waals surface area contributed by atoms with E-state index in [2.05, 4.69) is 15.3 Å². The van der Waals surface area contributed by atoms with Crippen LogP contribution in [0.2, 0.25) is 0 Å². The Balaban J connectivity index is 2.17. The standard InChI is InChI=1S/C14H14FN3O/c1-14(2,11-3-5-12(15)6-4-11)18-13(19)10-7-16-9-17-8-10/h3-9H,1-2H3,(H,18,19). The number of nitrogens with zero attached hydrogens (tertiary/aromatic N) is 2. The molecule has 0 aliphatic rings. The summed E-state index contributed by atoms with van der Waals surface area (Å²) >= 11 is 0.